The van der Waals surface area contributed by atoms with Crippen LogP contribution in [0.15, 0.2) is 0 Å². The van der Waals surface area contributed by atoms with Crippen molar-refractivity contribution >= 4 is 5.91 Å². The van der Waals surface area contributed by atoms with Crippen molar-refractivity contribution in [2.45, 2.75) is 135 Å². The molecule has 4 aliphatic rings. The van der Waals surface area contributed by atoms with Gasteiger partial charge in [0.25, 0.3) is 0 Å². The molecule has 1 saturated heterocycles. The summed E-state index contributed by atoms with van der Waals surface area (Å²) in [4.78, 5) is 21.2. The number of halogens is 6. The van der Waals surface area contributed by atoms with Gasteiger partial charge in [-0.05, 0) is 76.5 Å². The van der Waals surface area contributed by atoms with Gasteiger partial charge in [0.1, 0.15) is 0 Å². The second kappa shape index (κ2) is 15.5. The Labute approximate surface area is 255 Å². The van der Waals surface area contributed by atoms with E-state index in [1.807, 2.05) is 4.90 Å². The van der Waals surface area contributed by atoms with Crippen LogP contribution in [0.2, 0.25) is 0 Å². The second-order valence-corrected chi connectivity index (χ2v) is 14.5. The van der Waals surface area contributed by atoms with Crippen molar-refractivity contribution in [1.29, 1.82) is 0 Å². The van der Waals surface area contributed by atoms with Crippen molar-refractivity contribution in [3.8, 4) is 0 Å². The molecule has 43 heavy (non-hydrogen) atoms. The van der Waals surface area contributed by atoms with E-state index in [-0.39, 0.29) is 43.7 Å². The zero-order chi connectivity index (χ0) is 31.2. The summed E-state index contributed by atoms with van der Waals surface area (Å²) in [6.45, 7) is 8.59. The molecule has 0 aromatic rings. The first-order valence-corrected chi connectivity index (χ1v) is 17.2. The molecule has 1 amide bonds. The standard InChI is InChI=1S/C33H55F6N3O/c1-24(2)40-17-19-41(20-18-40)30(27-11-7-4-8-12-27)31(43)42(15-13-25-9-5-3-6-10-25)16-14-26-21-28(32(34,35)36)23-29(22-26)33(37,38)39/h24-30H,3-23H2,1-2H3. The molecule has 4 rings (SSSR count). The summed E-state index contributed by atoms with van der Waals surface area (Å²) < 4.78 is 82.1. The Morgan fingerprint density at radius 3 is 1.63 bits per heavy atom. The van der Waals surface area contributed by atoms with E-state index in [2.05, 4.69) is 23.6 Å². The normalized spacial score (nSPS) is 28.7. The number of hydrogen-bond acceptors (Lipinski definition) is 3. The van der Waals surface area contributed by atoms with Crippen molar-refractivity contribution < 1.29 is 31.1 Å². The number of hydrogen-bond donors (Lipinski definition) is 0. The lowest BCUT2D eigenvalue weighted by Gasteiger charge is -2.45. The van der Waals surface area contributed by atoms with Crippen molar-refractivity contribution in [1.82, 2.24) is 14.7 Å². The van der Waals surface area contributed by atoms with Gasteiger partial charge in [0.05, 0.1) is 17.9 Å². The first-order chi connectivity index (χ1) is 20.3. The average Bonchev–Trinajstić information content (AvgIpc) is 2.97. The molecule has 4 fully saturated rings. The van der Waals surface area contributed by atoms with E-state index in [1.165, 1.54) is 25.7 Å². The summed E-state index contributed by atoms with van der Waals surface area (Å²) in [7, 11) is 0. The van der Waals surface area contributed by atoms with Gasteiger partial charge in [-0.1, -0.05) is 51.4 Å². The third kappa shape index (κ3) is 9.98. The number of nitrogens with zero attached hydrogens (tertiary/aromatic N) is 3. The molecular weight excluding hydrogens is 568 g/mol. The zero-order valence-corrected chi connectivity index (χ0v) is 26.4. The van der Waals surface area contributed by atoms with Crippen LogP contribution in [0.1, 0.15) is 110 Å². The summed E-state index contributed by atoms with van der Waals surface area (Å²) >= 11 is 0. The number of carbonyl (C=O) groups excluding carboxylic acids is 1. The van der Waals surface area contributed by atoms with Gasteiger partial charge in [-0.25, -0.2) is 0 Å². The van der Waals surface area contributed by atoms with Crippen molar-refractivity contribution in [2.75, 3.05) is 39.3 Å². The maximum Gasteiger partial charge on any atom is 0.391 e. The lowest BCUT2D eigenvalue weighted by molar-refractivity contribution is -0.229. The van der Waals surface area contributed by atoms with E-state index in [0.29, 0.717) is 18.5 Å². The molecule has 3 saturated carbocycles. The number of rotatable bonds is 10. The minimum atomic E-state index is -4.64. The number of piperazine rings is 1. The summed E-state index contributed by atoms with van der Waals surface area (Å²) in [5.41, 5.74) is 0. The highest BCUT2D eigenvalue weighted by atomic mass is 19.4. The van der Waals surface area contributed by atoms with Crippen LogP contribution in [0, 0.1) is 29.6 Å². The lowest BCUT2D eigenvalue weighted by Crippen LogP contribution is -2.59. The third-order valence-electron chi connectivity index (χ3n) is 11.2. The second-order valence-electron chi connectivity index (χ2n) is 14.5. The van der Waals surface area contributed by atoms with Crippen LogP contribution in [0.3, 0.4) is 0 Å². The van der Waals surface area contributed by atoms with E-state index in [4.69, 9.17) is 0 Å². The van der Waals surface area contributed by atoms with Crippen molar-refractivity contribution in [2.24, 2.45) is 29.6 Å². The molecule has 0 radical (unpaired) electrons. The zero-order valence-electron chi connectivity index (χ0n) is 26.4. The molecule has 3 atom stereocenters. The number of amides is 1. The Morgan fingerprint density at radius 1 is 0.674 bits per heavy atom. The predicted octanol–water partition coefficient (Wildman–Crippen LogP) is 8.31. The summed E-state index contributed by atoms with van der Waals surface area (Å²) in [6.07, 6.45) is 1.61. The molecule has 0 spiro atoms. The fourth-order valence-electron chi connectivity index (χ4n) is 8.52. The minimum Gasteiger partial charge on any atom is -0.341 e. The van der Waals surface area contributed by atoms with Crippen LogP contribution in [0.4, 0.5) is 26.3 Å². The van der Waals surface area contributed by atoms with Crippen LogP contribution in [-0.4, -0.2) is 84.3 Å². The molecule has 250 valence electrons. The fraction of sp³-hybridized carbons (Fsp3) is 0.970. The maximum atomic E-state index is 14.6. The Bertz CT molecular complexity index is 823. The summed E-state index contributed by atoms with van der Waals surface area (Å²) in [5.74, 6) is -3.71. The Hall–Kier alpha value is -1.03. The largest absolute Gasteiger partial charge is 0.391 e. The molecule has 3 unspecified atom stereocenters. The van der Waals surface area contributed by atoms with E-state index in [1.54, 1.807) is 0 Å². The molecule has 1 aliphatic heterocycles. The average molecular weight is 624 g/mol. The SMILES string of the molecule is CC(C)N1CCN(C(C(=O)N(CCC2CCCCC2)CCC2CC(C(F)(F)F)CC(C(F)(F)F)C2)C2CCCCC2)CC1. The monoisotopic (exact) mass is 623 g/mol. The first-order valence-electron chi connectivity index (χ1n) is 17.2. The number of alkyl halides is 6. The molecule has 1 heterocycles. The highest BCUT2D eigenvalue weighted by Crippen LogP contribution is 2.48. The first kappa shape index (κ1) is 34.8. The molecule has 0 aromatic heterocycles. The van der Waals surface area contributed by atoms with Gasteiger partial charge in [-0.2, -0.15) is 26.3 Å². The van der Waals surface area contributed by atoms with Gasteiger partial charge in [-0.3, -0.25) is 14.6 Å². The van der Waals surface area contributed by atoms with E-state index >= 15 is 0 Å². The third-order valence-corrected chi connectivity index (χ3v) is 11.2. The summed E-state index contributed by atoms with van der Waals surface area (Å²) in [6, 6.07) is 0.188. The van der Waals surface area contributed by atoms with Crippen LogP contribution < -0.4 is 0 Å². The van der Waals surface area contributed by atoms with Gasteiger partial charge >= 0.3 is 12.4 Å². The molecule has 4 nitrogen and oxygen atoms in total. The molecule has 0 N–H and O–H groups in total. The smallest absolute Gasteiger partial charge is 0.341 e. The highest BCUT2D eigenvalue weighted by molar-refractivity contribution is 5.82. The van der Waals surface area contributed by atoms with Gasteiger partial charge in [0.15, 0.2) is 0 Å². The van der Waals surface area contributed by atoms with Crippen LogP contribution in [0.25, 0.3) is 0 Å². The van der Waals surface area contributed by atoms with Crippen LogP contribution >= 0.6 is 0 Å². The highest BCUT2D eigenvalue weighted by Gasteiger charge is 2.51. The van der Waals surface area contributed by atoms with Gasteiger partial charge < -0.3 is 4.90 Å². The minimum absolute atomic E-state index is 0.0660. The molecule has 0 bridgehead atoms. The van der Waals surface area contributed by atoms with E-state index in [9.17, 15) is 31.1 Å². The van der Waals surface area contributed by atoms with E-state index in [0.717, 1.165) is 71.1 Å². The van der Waals surface area contributed by atoms with Crippen molar-refractivity contribution in [3.05, 3.63) is 0 Å². The quantitative estimate of drug-likeness (QED) is 0.229. The van der Waals surface area contributed by atoms with Crippen LogP contribution in [0.5, 0.6) is 0 Å². The van der Waals surface area contributed by atoms with Gasteiger partial charge in [0, 0.05) is 45.3 Å². The summed E-state index contributed by atoms with van der Waals surface area (Å²) in [5, 5.41) is 0. The Kier molecular flexibility index (Phi) is 12.6. The molecule has 0 aromatic carbocycles. The predicted molar refractivity (Wildman–Crippen MR) is 157 cm³/mol. The Morgan fingerprint density at radius 2 is 1.14 bits per heavy atom. The molecule has 10 heteroatoms. The van der Waals surface area contributed by atoms with Gasteiger partial charge in [-0.15, -0.1) is 0 Å². The van der Waals surface area contributed by atoms with Crippen LogP contribution in [-0.2, 0) is 4.79 Å². The molecule has 3 aliphatic carbocycles. The van der Waals surface area contributed by atoms with Gasteiger partial charge in [0.2, 0.25) is 5.91 Å². The molecular formula is C33H55F6N3O. The topological polar surface area (TPSA) is 26.8 Å². The van der Waals surface area contributed by atoms with Crippen molar-refractivity contribution in [3.63, 3.8) is 0 Å². The Balaban J connectivity index is 1.51. The maximum absolute atomic E-state index is 14.6. The fourth-order valence-corrected chi connectivity index (χ4v) is 8.52. The van der Waals surface area contributed by atoms with E-state index < -0.39 is 36.5 Å². The lowest BCUT2D eigenvalue weighted by atomic mass is 9.73. The number of carbonyl (C=O) groups is 1.